The van der Waals surface area contributed by atoms with Crippen molar-refractivity contribution in [3.8, 4) is 5.75 Å². The highest BCUT2D eigenvalue weighted by atomic mass is 32.2. The van der Waals surface area contributed by atoms with E-state index in [1.54, 1.807) is 18.2 Å². The van der Waals surface area contributed by atoms with Gasteiger partial charge in [0, 0.05) is 18.3 Å². The van der Waals surface area contributed by atoms with Crippen LogP contribution in [0.5, 0.6) is 5.75 Å². The molecule has 0 spiro atoms. The first-order chi connectivity index (χ1) is 13.5. The average Bonchev–Trinajstić information content (AvgIpc) is 2.65. The predicted molar refractivity (Wildman–Crippen MR) is 97.5 cm³/mol. The summed E-state index contributed by atoms with van der Waals surface area (Å²) in [7, 11) is -3.03. The highest BCUT2D eigenvalue weighted by molar-refractivity contribution is 7.89. The lowest BCUT2D eigenvalue weighted by Crippen LogP contribution is -2.38. The smallest absolute Gasteiger partial charge is 0.419 e. The largest absolute Gasteiger partial charge is 0.497 e. The van der Waals surface area contributed by atoms with Crippen molar-refractivity contribution in [3.63, 3.8) is 0 Å². The second kappa shape index (κ2) is 8.78. The Hall–Kier alpha value is -2.66. The maximum atomic E-state index is 13.4. The third-order valence-corrected chi connectivity index (χ3v) is 5.82. The zero-order valence-corrected chi connectivity index (χ0v) is 16.3. The van der Waals surface area contributed by atoms with Crippen LogP contribution in [0, 0.1) is 5.82 Å². The number of carbonyl (C=O) groups excluding carboxylic acids is 1. The minimum absolute atomic E-state index is 0.188. The highest BCUT2D eigenvalue weighted by Crippen LogP contribution is 2.33. The molecule has 11 heteroatoms. The maximum absolute atomic E-state index is 13.4. The second-order valence-corrected chi connectivity index (χ2v) is 7.79. The number of rotatable bonds is 7. The molecule has 0 atom stereocenters. The summed E-state index contributed by atoms with van der Waals surface area (Å²) in [5, 5.41) is 2.48. The van der Waals surface area contributed by atoms with Gasteiger partial charge in [0.15, 0.2) is 0 Å². The molecule has 2 aromatic rings. The van der Waals surface area contributed by atoms with Crippen LogP contribution >= 0.6 is 0 Å². The van der Waals surface area contributed by atoms with E-state index < -0.39 is 44.9 Å². The van der Waals surface area contributed by atoms with Crippen LogP contribution in [0.1, 0.15) is 12.5 Å². The molecule has 29 heavy (non-hydrogen) atoms. The number of likely N-dealkylation sites (N-methyl/N-ethyl adjacent to an activating group) is 1. The molecule has 6 nitrogen and oxygen atoms in total. The Balaban J connectivity index is 2.25. The number of amides is 1. The van der Waals surface area contributed by atoms with E-state index in [1.165, 1.54) is 20.1 Å². The Morgan fingerprint density at radius 1 is 1.17 bits per heavy atom. The molecule has 2 aromatic carbocycles. The van der Waals surface area contributed by atoms with Gasteiger partial charge in [0.05, 0.1) is 24.1 Å². The summed E-state index contributed by atoms with van der Waals surface area (Å²) in [5.41, 5.74) is -1.35. The number of benzene rings is 2. The number of halogens is 4. The van der Waals surface area contributed by atoms with E-state index in [0.29, 0.717) is 21.8 Å². The van der Waals surface area contributed by atoms with Gasteiger partial charge in [-0.3, -0.25) is 4.79 Å². The number of hydrogen-bond acceptors (Lipinski definition) is 4. The van der Waals surface area contributed by atoms with E-state index in [0.717, 1.165) is 6.07 Å². The number of carbonyl (C=O) groups is 1. The van der Waals surface area contributed by atoms with Gasteiger partial charge in [0.25, 0.3) is 0 Å². The fourth-order valence-electron chi connectivity index (χ4n) is 2.46. The van der Waals surface area contributed by atoms with Gasteiger partial charge in [-0.2, -0.15) is 17.5 Å². The Kier molecular flexibility index (Phi) is 6.85. The van der Waals surface area contributed by atoms with E-state index in [-0.39, 0.29) is 12.6 Å². The molecule has 1 amide bonds. The standard InChI is InChI=1S/C18H18F4N2O4S/c1-3-24(11-17(25)23-12-5-4-6-13(9-12)28-2)29(26,27)14-7-8-16(19)15(10-14)18(20,21)22/h4-10H,3,11H2,1-2H3,(H,23,25). The van der Waals surface area contributed by atoms with Gasteiger partial charge >= 0.3 is 6.18 Å². The summed E-state index contributed by atoms with van der Waals surface area (Å²) in [6.45, 7) is 0.589. The van der Waals surface area contributed by atoms with Gasteiger partial charge in [-0.15, -0.1) is 0 Å². The quantitative estimate of drug-likeness (QED) is 0.677. The number of anilines is 1. The number of hydrogen-bond donors (Lipinski definition) is 1. The zero-order valence-electron chi connectivity index (χ0n) is 15.5. The monoisotopic (exact) mass is 434 g/mol. The molecule has 0 saturated heterocycles. The normalized spacial score (nSPS) is 12.1. The third-order valence-electron chi connectivity index (χ3n) is 3.91. The molecule has 0 aliphatic heterocycles. The van der Waals surface area contributed by atoms with Crippen LogP contribution in [0.2, 0.25) is 0 Å². The first-order valence-electron chi connectivity index (χ1n) is 8.29. The van der Waals surface area contributed by atoms with Crippen LogP contribution < -0.4 is 10.1 Å². The van der Waals surface area contributed by atoms with E-state index in [9.17, 15) is 30.8 Å². The Labute approximate surface area is 165 Å². The lowest BCUT2D eigenvalue weighted by Gasteiger charge is -2.21. The van der Waals surface area contributed by atoms with Crippen LogP contribution in [0.3, 0.4) is 0 Å². The molecule has 0 bridgehead atoms. The van der Waals surface area contributed by atoms with Crippen molar-refractivity contribution < 1.29 is 35.5 Å². The summed E-state index contributed by atoms with van der Waals surface area (Å²) in [5.74, 6) is -1.83. The van der Waals surface area contributed by atoms with Gasteiger partial charge in [0.1, 0.15) is 11.6 Å². The van der Waals surface area contributed by atoms with Crippen molar-refractivity contribution >= 4 is 21.6 Å². The van der Waals surface area contributed by atoms with Crippen LogP contribution in [-0.2, 0) is 21.0 Å². The Morgan fingerprint density at radius 3 is 2.45 bits per heavy atom. The summed E-state index contributed by atoms with van der Waals surface area (Å²) in [6, 6.07) is 7.69. The number of sulfonamides is 1. The lowest BCUT2D eigenvalue weighted by molar-refractivity contribution is -0.140. The molecule has 2 rings (SSSR count). The molecular weight excluding hydrogens is 416 g/mol. The van der Waals surface area contributed by atoms with Crippen LogP contribution in [0.25, 0.3) is 0 Å². The fraction of sp³-hybridized carbons (Fsp3) is 0.278. The first kappa shape index (κ1) is 22.6. The summed E-state index contributed by atoms with van der Waals surface area (Å²) < 4.78 is 83.2. The number of alkyl halides is 3. The Bertz CT molecular complexity index is 994. The molecule has 0 radical (unpaired) electrons. The molecule has 0 fully saturated rings. The molecule has 0 aliphatic carbocycles. The van der Waals surface area contributed by atoms with Crippen LogP contribution in [0.4, 0.5) is 23.2 Å². The van der Waals surface area contributed by atoms with Crippen LogP contribution in [-0.4, -0.2) is 38.8 Å². The minimum atomic E-state index is -5.06. The zero-order chi connectivity index (χ0) is 21.8. The summed E-state index contributed by atoms with van der Waals surface area (Å²) in [6.07, 6.45) is -5.06. The van der Waals surface area contributed by atoms with Gasteiger partial charge < -0.3 is 10.1 Å². The van der Waals surface area contributed by atoms with Crippen molar-refractivity contribution in [1.82, 2.24) is 4.31 Å². The topological polar surface area (TPSA) is 75.7 Å². The SMILES string of the molecule is CCN(CC(=O)Nc1cccc(OC)c1)S(=O)(=O)c1ccc(F)c(C(F)(F)F)c1. The summed E-state index contributed by atoms with van der Waals surface area (Å²) >= 11 is 0. The fourth-order valence-corrected chi connectivity index (χ4v) is 3.89. The molecule has 1 N–H and O–H groups in total. The lowest BCUT2D eigenvalue weighted by atomic mass is 10.2. The highest BCUT2D eigenvalue weighted by Gasteiger charge is 2.36. The average molecular weight is 434 g/mol. The molecule has 0 aliphatic rings. The third kappa shape index (κ3) is 5.45. The van der Waals surface area contributed by atoms with Crippen molar-refractivity contribution in [2.45, 2.75) is 18.0 Å². The van der Waals surface area contributed by atoms with E-state index in [1.807, 2.05) is 0 Å². The molecule has 0 unspecified atom stereocenters. The number of nitrogens with zero attached hydrogens (tertiary/aromatic N) is 1. The van der Waals surface area contributed by atoms with Gasteiger partial charge in [-0.05, 0) is 30.3 Å². The van der Waals surface area contributed by atoms with E-state index in [2.05, 4.69) is 5.32 Å². The van der Waals surface area contributed by atoms with Gasteiger partial charge in [-0.25, -0.2) is 12.8 Å². The van der Waals surface area contributed by atoms with E-state index in [4.69, 9.17) is 4.74 Å². The van der Waals surface area contributed by atoms with Gasteiger partial charge in [-0.1, -0.05) is 13.0 Å². The second-order valence-electron chi connectivity index (χ2n) is 5.85. The molecule has 0 heterocycles. The number of nitrogens with one attached hydrogen (secondary N) is 1. The maximum Gasteiger partial charge on any atom is 0.419 e. The first-order valence-corrected chi connectivity index (χ1v) is 9.74. The van der Waals surface area contributed by atoms with Crippen LogP contribution in [0.15, 0.2) is 47.4 Å². The predicted octanol–water partition coefficient (Wildman–Crippen LogP) is 3.50. The van der Waals surface area contributed by atoms with Crippen molar-refractivity contribution in [1.29, 1.82) is 0 Å². The molecule has 0 aromatic heterocycles. The summed E-state index contributed by atoms with van der Waals surface area (Å²) in [4.78, 5) is 11.5. The number of methoxy groups -OCH3 is 1. The Morgan fingerprint density at radius 2 is 1.86 bits per heavy atom. The van der Waals surface area contributed by atoms with Crippen molar-refractivity contribution in [3.05, 3.63) is 53.8 Å². The van der Waals surface area contributed by atoms with Gasteiger partial charge in [0.2, 0.25) is 15.9 Å². The molecular formula is C18H18F4N2O4S. The number of ether oxygens (including phenoxy) is 1. The molecule has 0 saturated carbocycles. The van der Waals surface area contributed by atoms with Crippen molar-refractivity contribution in [2.75, 3.05) is 25.5 Å². The van der Waals surface area contributed by atoms with E-state index >= 15 is 0 Å². The van der Waals surface area contributed by atoms with Crippen molar-refractivity contribution in [2.24, 2.45) is 0 Å². The minimum Gasteiger partial charge on any atom is -0.497 e. The molecule has 158 valence electrons.